The Morgan fingerprint density at radius 2 is 1.84 bits per heavy atom. The summed E-state index contributed by atoms with van der Waals surface area (Å²) in [4.78, 5) is 39.9. The molecular weight excluding hydrogens is 390 g/mol. The van der Waals surface area contributed by atoms with E-state index in [-0.39, 0.29) is 35.7 Å². The topological polar surface area (TPSA) is 78.5 Å². The predicted octanol–water partition coefficient (Wildman–Crippen LogP) is 4.20. The van der Waals surface area contributed by atoms with Crippen molar-refractivity contribution in [3.63, 3.8) is 0 Å². The van der Waals surface area contributed by atoms with E-state index in [1.54, 1.807) is 0 Å². The molecule has 1 aromatic rings. The third kappa shape index (κ3) is 4.94. The molecule has 3 atom stereocenters. The molecule has 3 unspecified atom stereocenters. The van der Waals surface area contributed by atoms with Crippen molar-refractivity contribution in [1.82, 2.24) is 15.5 Å². The molecule has 2 aliphatic rings. The molecule has 0 radical (unpaired) electrons. The summed E-state index contributed by atoms with van der Waals surface area (Å²) in [5.41, 5.74) is 1.35. The average Bonchev–Trinajstić information content (AvgIpc) is 2.87. The van der Waals surface area contributed by atoms with Gasteiger partial charge in [0, 0.05) is 0 Å². The molecule has 2 fully saturated rings. The number of carbonyl (C=O) groups is 3. The summed E-state index contributed by atoms with van der Waals surface area (Å²) in [7, 11) is 0. The largest absolute Gasteiger partial charge is 0.347 e. The highest BCUT2D eigenvalue weighted by Crippen LogP contribution is 2.46. The fraction of sp³-hybridized carbons (Fsp3) is 0.640. The molecule has 1 aliphatic carbocycles. The van der Waals surface area contributed by atoms with Gasteiger partial charge in [-0.1, -0.05) is 65.8 Å². The second-order valence-electron chi connectivity index (χ2n) is 10.6. The minimum Gasteiger partial charge on any atom is -0.347 e. The van der Waals surface area contributed by atoms with Gasteiger partial charge in [0.15, 0.2) is 0 Å². The third-order valence-electron chi connectivity index (χ3n) is 6.66. The molecule has 1 aliphatic heterocycles. The van der Waals surface area contributed by atoms with Crippen molar-refractivity contribution < 1.29 is 14.4 Å². The van der Waals surface area contributed by atoms with Gasteiger partial charge < -0.3 is 10.6 Å². The summed E-state index contributed by atoms with van der Waals surface area (Å²) in [6.45, 7) is 12.3. The standard InChI is InChI=1S/C25H37N3O3/c1-7-18-8-10-19(11-9-18)21(16(2)3)26-20(29)14-28-22(30)25(27-23(28)31)13-17(4)12-24(5,6)15-25/h8-11,16-17,21H,7,12-15H2,1-6H3,(H,26,29)(H,27,31). The number of aryl methyl sites for hydroxylation is 1. The Labute approximate surface area is 186 Å². The van der Waals surface area contributed by atoms with Crippen molar-refractivity contribution in [3.05, 3.63) is 35.4 Å². The van der Waals surface area contributed by atoms with Gasteiger partial charge in [0.25, 0.3) is 5.91 Å². The monoisotopic (exact) mass is 427 g/mol. The van der Waals surface area contributed by atoms with Crippen LogP contribution in [0.2, 0.25) is 0 Å². The van der Waals surface area contributed by atoms with E-state index in [0.717, 1.165) is 23.3 Å². The Balaban J connectivity index is 1.71. The normalized spacial score (nSPS) is 26.3. The van der Waals surface area contributed by atoms with E-state index in [2.05, 4.69) is 50.5 Å². The second kappa shape index (κ2) is 8.64. The summed E-state index contributed by atoms with van der Waals surface area (Å²) in [6.07, 6.45) is 3.20. The lowest BCUT2D eigenvalue weighted by Crippen LogP contribution is -2.54. The lowest BCUT2D eigenvalue weighted by Gasteiger charge is -2.43. The molecular formula is C25H37N3O3. The zero-order chi connectivity index (χ0) is 23.0. The molecule has 1 saturated heterocycles. The van der Waals surface area contributed by atoms with E-state index in [0.29, 0.717) is 18.8 Å². The van der Waals surface area contributed by atoms with Gasteiger partial charge in [-0.05, 0) is 54.1 Å². The van der Waals surface area contributed by atoms with Crippen LogP contribution in [-0.4, -0.2) is 34.8 Å². The molecule has 1 aromatic carbocycles. The van der Waals surface area contributed by atoms with E-state index in [1.165, 1.54) is 5.56 Å². The lowest BCUT2D eigenvalue weighted by atomic mass is 9.64. The van der Waals surface area contributed by atoms with Crippen molar-refractivity contribution in [2.24, 2.45) is 17.3 Å². The Morgan fingerprint density at radius 3 is 2.39 bits per heavy atom. The van der Waals surface area contributed by atoms with Crippen LogP contribution in [0.3, 0.4) is 0 Å². The number of hydrogen-bond donors (Lipinski definition) is 2. The van der Waals surface area contributed by atoms with Crippen LogP contribution < -0.4 is 10.6 Å². The smallest absolute Gasteiger partial charge is 0.325 e. The highest BCUT2D eigenvalue weighted by atomic mass is 16.2. The maximum absolute atomic E-state index is 13.3. The summed E-state index contributed by atoms with van der Waals surface area (Å²) in [5, 5.41) is 5.98. The first-order chi connectivity index (χ1) is 14.5. The summed E-state index contributed by atoms with van der Waals surface area (Å²) in [5.74, 6) is -0.0772. The van der Waals surface area contributed by atoms with E-state index in [9.17, 15) is 14.4 Å². The minimum atomic E-state index is -0.883. The minimum absolute atomic E-state index is 0.0355. The van der Waals surface area contributed by atoms with E-state index in [4.69, 9.17) is 0 Å². The Bertz CT molecular complexity index is 846. The van der Waals surface area contributed by atoms with Crippen LogP contribution in [0.15, 0.2) is 24.3 Å². The molecule has 1 spiro atoms. The number of benzene rings is 1. The van der Waals surface area contributed by atoms with Gasteiger partial charge in [0.2, 0.25) is 5.91 Å². The average molecular weight is 428 g/mol. The molecule has 1 saturated carbocycles. The van der Waals surface area contributed by atoms with Gasteiger partial charge in [-0.15, -0.1) is 0 Å². The van der Waals surface area contributed by atoms with Crippen LogP contribution in [0.25, 0.3) is 0 Å². The van der Waals surface area contributed by atoms with Crippen molar-refractivity contribution in [1.29, 1.82) is 0 Å². The molecule has 3 rings (SSSR count). The molecule has 0 bridgehead atoms. The molecule has 6 heteroatoms. The molecule has 170 valence electrons. The van der Waals surface area contributed by atoms with Crippen LogP contribution in [-0.2, 0) is 16.0 Å². The zero-order valence-corrected chi connectivity index (χ0v) is 19.7. The number of imide groups is 1. The number of urea groups is 1. The van der Waals surface area contributed by atoms with Crippen LogP contribution in [0, 0.1) is 17.3 Å². The molecule has 4 amide bonds. The molecule has 0 aromatic heterocycles. The number of rotatable bonds is 6. The Morgan fingerprint density at radius 1 is 1.19 bits per heavy atom. The van der Waals surface area contributed by atoms with Gasteiger partial charge in [-0.25, -0.2) is 4.79 Å². The number of nitrogens with zero attached hydrogens (tertiary/aromatic N) is 1. The summed E-state index contributed by atoms with van der Waals surface area (Å²) in [6, 6.07) is 7.59. The van der Waals surface area contributed by atoms with Crippen molar-refractivity contribution >= 4 is 17.8 Å². The van der Waals surface area contributed by atoms with Gasteiger partial charge in [-0.3, -0.25) is 14.5 Å². The Hall–Kier alpha value is -2.37. The van der Waals surface area contributed by atoms with E-state index < -0.39 is 11.6 Å². The molecule has 6 nitrogen and oxygen atoms in total. The van der Waals surface area contributed by atoms with Gasteiger partial charge in [0.1, 0.15) is 12.1 Å². The fourth-order valence-corrected chi connectivity index (χ4v) is 5.61. The molecule has 1 heterocycles. The second-order valence-corrected chi connectivity index (χ2v) is 10.6. The maximum Gasteiger partial charge on any atom is 0.325 e. The first kappa shape index (κ1) is 23.3. The van der Waals surface area contributed by atoms with Gasteiger partial charge in [0.05, 0.1) is 6.04 Å². The van der Waals surface area contributed by atoms with Crippen molar-refractivity contribution in [3.8, 4) is 0 Å². The number of nitrogens with one attached hydrogen (secondary N) is 2. The van der Waals surface area contributed by atoms with Crippen molar-refractivity contribution in [2.75, 3.05) is 6.54 Å². The van der Waals surface area contributed by atoms with Gasteiger partial charge >= 0.3 is 6.03 Å². The lowest BCUT2D eigenvalue weighted by molar-refractivity contribution is -0.137. The fourth-order valence-electron chi connectivity index (χ4n) is 5.61. The van der Waals surface area contributed by atoms with Crippen LogP contribution in [0.5, 0.6) is 0 Å². The summed E-state index contributed by atoms with van der Waals surface area (Å²) >= 11 is 0. The number of amides is 4. The van der Waals surface area contributed by atoms with E-state index >= 15 is 0 Å². The highest BCUT2D eigenvalue weighted by Gasteiger charge is 2.56. The number of carbonyl (C=O) groups excluding carboxylic acids is 3. The number of hydrogen-bond acceptors (Lipinski definition) is 3. The Kier molecular flexibility index (Phi) is 6.49. The molecule has 2 N–H and O–H groups in total. The first-order valence-corrected chi connectivity index (χ1v) is 11.5. The summed E-state index contributed by atoms with van der Waals surface area (Å²) < 4.78 is 0. The quantitative estimate of drug-likeness (QED) is 0.668. The van der Waals surface area contributed by atoms with Gasteiger partial charge in [-0.2, -0.15) is 0 Å². The van der Waals surface area contributed by atoms with Crippen LogP contribution in [0.4, 0.5) is 4.79 Å². The first-order valence-electron chi connectivity index (χ1n) is 11.5. The predicted molar refractivity (Wildman–Crippen MR) is 121 cm³/mol. The van der Waals surface area contributed by atoms with Crippen LogP contribution in [0.1, 0.15) is 78.0 Å². The third-order valence-corrected chi connectivity index (χ3v) is 6.66. The van der Waals surface area contributed by atoms with Crippen molar-refractivity contribution in [2.45, 2.75) is 78.8 Å². The maximum atomic E-state index is 13.3. The highest BCUT2D eigenvalue weighted by molar-refractivity contribution is 6.09. The molecule has 31 heavy (non-hydrogen) atoms. The van der Waals surface area contributed by atoms with E-state index in [1.807, 2.05) is 26.0 Å². The van der Waals surface area contributed by atoms with Crippen LogP contribution >= 0.6 is 0 Å². The SMILES string of the molecule is CCc1ccc(C(NC(=O)CN2C(=O)NC3(CC(C)CC(C)(C)C3)C2=O)C(C)C)cc1. The zero-order valence-electron chi connectivity index (χ0n) is 19.7.